The van der Waals surface area contributed by atoms with E-state index in [0.29, 0.717) is 25.7 Å². The maximum atomic E-state index is 13.1. The third-order valence-electron chi connectivity index (χ3n) is 20.5. The zero-order valence-corrected chi connectivity index (χ0v) is 71.0. The summed E-state index contributed by atoms with van der Waals surface area (Å²) < 4.78 is 68.9. The maximum absolute atomic E-state index is 13.1. The Morgan fingerprint density at radius 3 is 0.724 bits per heavy atom. The molecule has 19 heteroatoms. The van der Waals surface area contributed by atoms with Gasteiger partial charge in [-0.05, 0) is 43.4 Å². The van der Waals surface area contributed by atoms with Crippen LogP contribution in [0.5, 0.6) is 0 Å². The van der Waals surface area contributed by atoms with E-state index < -0.39 is 97.5 Å². The molecule has 3 unspecified atom stereocenters. The van der Waals surface area contributed by atoms with E-state index in [1.54, 1.807) is 0 Å². The molecule has 105 heavy (non-hydrogen) atoms. The van der Waals surface area contributed by atoms with Gasteiger partial charge in [-0.3, -0.25) is 37.3 Å². The molecule has 0 heterocycles. The first-order chi connectivity index (χ1) is 50.8. The number of hydrogen-bond donors (Lipinski definition) is 3. The van der Waals surface area contributed by atoms with Gasteiger partial charge in [0.1, 0.15) is 19.3 Å². The monoisotopic (exact) mass is 1540 g/mol. The Morgan fingerprint density at radius 1 is 0.276 bits per heavy atom. The van der Waals surface area contributed by atoms with E-state index in [2.05, 4.69) is 48.5 Å². The summed E-state index contributed by atoms with van der Waals surface area (Å²) in [5, 5.41) is 10.7. The molecule has 0 radical (unpaired) electrons. The van der Waals surface area contributed by atoms with Gasteiger partial charge < -0.3 is 33.8 Å². The molecule has 0 spiro atoms. The lowest BCUT2D eigenvalue weighted by molar-refractivity contribution is -0.161. The predicted molar refractivity (Wildman–Crippen MR) is 432 cm³/mol. The molecule has 0 rings (SSSR count). The highest BCUT2D eigenvalue weighted by Crippen LogP contribution is 2.45. The predicted octanol–water partition coefficient (Wildman–Crippen LogP) is 26.1. The molecule has 0 aromatic heterocycles. The Bertz CT molecular complexity index is 2030. The Kier molecular flexibility index (Phi) is 74.7. The van der Waals surface area contributed by atoms with Crippen molar-refractivity contribution in [3.8, 4) is 0 Å². The topological polar surface area (TPSA) is 237 Å². The van der Waals surface area contributed by atoms with E-state index in [9.17, 15) is 43.2 Å². The molecule has 0 aromatic rings. The standard InChI is InChI=1S/C86H168O17P2/c1-8-10-11-12-13-14-39-46-53-60-67-83(88)96-73-81(102-86(91)70-63-56-49-42-35-29-28-31-37-44-51-58-65-78(5)6)75-100-104(92,93)98-71-80(87)72-99-105(94,95)101-76-82(74-97-84(89)68-61-54-47-40-33-26-23-19-20-24-30-36-43-50-57-64-77(3)4)103-85(90)69-62-55-48-41-34-27-22-18-16-15-17-21-25-32-38-45-52-59-66-79(7)9-2/h77-82,87H,8-76H2,1-7H3,(H,92,93)(H,94,95)/t79?,80-,81+,82+/m0/s1. The number of esters is 4. The summed E-state index contributed by atoms with van der Waals surface area (Å²) in [5.74, 6) is 0.350. The van der Waals surface area contributed by atoms with Crippen molar-refractivity contribution < 1.29 is 80.2 Å². The number of unbranched alkanes of at least 4 members (excludes halogenated alkanes) is 51. The van der Waals surface area contributed by atoms with Crippen LogP contribution in [0.1, 0.15) is 453 Å². The van der Waals surface area contributed by atoms with Crippen LogP contribution in [0.3, 0.4) is 0 Å². The van der Waals surface area contributed by atoms with Crippen LogP contribution in [-0.4, -0.2) is 96.7 Å². The van der Waals surface area contributed by atoms with Gasteiger partial charge >= 0.3 is 39.5 Å². The van der Waals surface area contributed by atoms with Crippen molar-refractivity contribution in [2.75, 3.05) is 39.6 Å². The molecule has 0 aliphatic heterocycles. The van der Waals surface area contributed by atoms with Crippen molar-refractivity contribution in [1.29, 1.82) is 0 Å². The Labute approximate surface area is 645 Å². The SMILES string of the molecule is CCCCCCCCCCCCC(=O)OC[C@H](COP(=O)(O)OC[C@H](O)COP(=O)(O)OC[C@@H](COC(=O)CCCCCCCCCCCCCCCCCC(C)C)OC(=O)CCCCCCCCCCCCCCCCCCCCC(C)CC)OC(=O)CCCCCCCCCCCCCCC(C)C. The highest BCUT2D eigenvalue weighted by Gasteiger charge is 2.30. The van der Waals surface area contributed by atoms with E-state index in [1.807, 2.05) is 0 Å². The summed E-state index contributed by atoms with van der Waals surface area (Å²) in [7, 11) is -9.93. The van der Waals surface area contributed by atoms with Crippen molar-refractivity contribution in [3.63, 3.8) is 0 Å². The van der Waals surface area contributed by atoms with E-state index in [0.717, 1.165) is 108 Å². The quantitative estimate of drug-likeness (QED) is 0.0222. The molecule has 624 valence electrons. The van der Waals surface area contributed by atoms with E-state index in [1.165, 1.54) is 263 Å². The van der Waals surface area contributed by atoms with Crippen LogP contribution >= 0.6 is 15.6 Å². The van der Waals surface area contributed by atoms with Crippen LogP contribution in [-0.2, 0) is 65.4 Å². The lowest BCUT2D eigenvalue weighted by atomic mass is 9.99. The number of rotatable bonds is 84. The first-order valence-corrected chi connectivity index (χ1v) is 47.4. The summed E-state index contributed by atoms with van der Waals surface area (Å²) >= 11 is 0. The van der Waals surface area contributed by atoms with Gasteiger partial charge in [-0.2, -0.15) is 0 Å². The largest absolute Gasteiger partial charge is 0.472 e. The Hall–Kier alpha value is -1.94. The second kappa shape index (κ2) is 76.1. The van der Waals surface area contributed by atoms with Gasteiger partial charge in [0.05, 0.1) is 26.4 Å². The lowest BCUT2D eigenvalue weighted by Crippen LogP contribution is -2.30. The van der Waals surface area contributed by atoms with Crippen LogP contribution < -0.4 is 0 Å². The van der Waals surface area contributed by atoms with Gasteiger partial charge in [0.15, 0.2) is 12.2 Å². The number of phosphoric acid groups is 2. The lowest BCUT2D eigenvalue weighted by Gasteiger charge is -2.21. The van der Waals surface area contributed by atoms with Crippen molar-refractivity contribution in [1.82, 2.24) is 0 Å². The summed E-state index contributed by atoms with van der Waals surface area (Å²) in [6.07, 6.45) is 66.6. The van der Waals surface area contributed by atoms with Gasteiger partial charge in [-0.25, -0.2) is 9.13 Å². The van der Waals surface area contributed by atoms with Crippen LogP contribution in [0, 0.1) is 17.8 Å². The number of carbonyl (C=O) groups is 4. The normalized spacial score (nSPS) is 14.1. The zero-order valence-electron chi connectivity index (χ0n) is 69.2. The van der Waals surface area contributed by atoms with Crippen molar-refractivity contribution in [2.24, 2.45) is 17.8 Å². The minimum atomic E-state index is -4.97. The van der Waals surface area contributed by atoms with Crippen LogP contribution in [0.2, 0.25) is 0 Å². The van der Waals surface area contributed by atoms with Gasteiger partial charge in [0.2, 0.25) is 0 Å². The molecular weight excluding hydrogens is 1370 g/mol. The molecule has 0 aliphatic rings. The average Bonchev–Trinajstić information content (AvgIpc) is 0.909. The third kappa shape index (κ3) is 78.5. The second-order valence-corrected chi connectivity index (χ2v) is 35.0. The first kappa shape index (κ1) is 103. The number of phosphoric ester groups is 2. The summed E-state index contributed by atoms with van der Waals surface area (Å²) in [5.41, 5.74) is 0. The maximum Gasteiger partial charge on any atom is 0.472 e. The second-order valence-electron chi connectivity index (χ2n) is 32.1. The molecule has 0 fully saturated rings. The molecule has 0 saturated heterocycles. The Morgan fingerprint density at radius 2 is 0.486 bits per heavy atom. The fraction of sp³-hybridized carbons (Fsp3) is 0.953. The fourth-order valence-corrected chi connectivity index (χ4v) is 14.9. The molecule has 3 N–H and O–H groups in total. The number of hydrogen-bond acceptors (Lipinski definition) is 15. The van der Waals surface area contributed by atoms with Gasteiger partial charge in [0.25, 0.3) is 0 Å². The zero-order chi connectivity index (χ0) is 77.2. The number of carbonyl (C=O) groups excluding carboxylic acids is 4. The highest BCUT2D eigenvalue weighted by atomic mass is 31.2. The van der Waals surface area contributed by atoms with Crippen molar-refractivity contribution >= 4 is 39.5 Å². The van der Waals surface area contributed by atoms with Gasteiger partial charge in [-0.1, -0.05) is 402 Å². The molecular formula is C86H168O17P2. The molecule has 0 amide bonds. The minimum absolute atomic E-state index is 0.107. The molecule has 6 atom stereocenters. The molecule has 17 nitrogen and oxygen atoms in total. The Balaban J connectivity index is 5.22. The van der Waals surface area contributed by atoms with E-state index in [4.69, 9.17) is 37.0 Å². The summed E-state index contributed by atoms with van der Waals surface area (Å²) in [4.78, 5) is 73.2. The minimum Gasteiger partial charge on any atom is -0.462 e. The van der Waals surface area contributed by atoms with Gasteiger partial charge in [-0.15, -0.1) is 0 Å². The number of aliphatic hydroxyl groups is 1. The third-order valence-corrected chi connectivity index (χ3v) is 22.4. The fourth-order valence-electron chi connectivity index (χ4n) is 13.3. The molecule has 0 bridgehead atoms. The highest BCUT2D eigenvalue weighted by molar-refractivity contribution is 7.47. The van der Waals surface area contributed by atoms with Crippen molar-refractivity contribution in [2.45, 2.75) is 471 Å². The molecule has 0 saturated carbocycles. The van der Waals surface area contributed by atoms with E-state index >= 15 is 0 Å². The number of aliphatic hydroxyl groups excluding tert-OH is 1. The summed E-state index contributed by atoms with van der Waals surface area (Å²) in [6.45, 7) is 12.1. The number of ether oxygens (including phenoxy) is 4. The smallest absolute Gasteiger partial charge is 0.462 e. The van der Waals surface area contributed by atoms with Crippen LogP contribution in [0.4, 0.5) is 0 Å². The molecule has 0 aromatic carbocycles. The van der Waals surface area contributed by atoms with Gasteiger partial charge in [0, 0.05) is 25.7 Å². The van der Waals surface area contributed by atoms with Crippen LogP contribution in [0.25, 0.3) is 0 Å². The average molecular weight is 1540 g/mol. The van der Waals surface area contributed by atoms with Crippen LogP contribution in [0.15, 0.2) is 0 Å². The first-order valence-electron chi connectivity index (χ1n) is 44.4. The van der Waals surface area contributed by atoms with Crippen molar-refractivity contribution in [3.05, 3.63) is 0 Å². The van der Waals surface area contributed by atoms with E-state index in [-0.39, 0.29) is 25.7 Å². The summed E-state index contributed by atoms with van der Waals surface area (Å²) in [6, 6.07) is 0. The molecule has 0 aliphatic carbocycles.